The molecule has 0 spiro atoms. The Hall–Kier alpha value is -1.24. The molecule has 1 rings (SSSR count). The van der Waals surface area contributed by atoms with Crippen LogP contribution in [0.3, 0.4) is 0 Å². The second-order valence-electron chi connectivity index (χ2n) is 2.89. The van der Waals surface area contributed by atoms with Crippen LogP contribution in [-0.4, -0.2) is 5.97 Å². The van der Waals surface area contributed by atoms with E-state index in [0.29, 0.717) is 0 Å². The fourth-order valence-electron chi connectivity index (χ4n) is 0.937. The molecule has 88 valence electrons. The summed E-state index contributed by atoms with van der Waals surface area (Å²) in [5, 5.41) is 0. The van der Waals surface area contributed by atoms with Crippen LogP contribution in [0.1, 0.15) is 12.5 Å². The van der Waals surface area contributed by atoms with Gasteiger partial charge in [0.15, 0.2) is 0 Å². The minimum Gasteiger partial charge on any atom is -0.344 e. The van der Waals surface area contributed by atoms with Gasteiger partial charge in [-0.25, -0.2) is 5.48 Å². The summed E-state index contributed by atoms with van der Waals surface area (Å²) in [6, 6.07) is 3.41. The summed E-state index contributed by atoms with van der Waals surface area (Å²) in [7, 11) is 0. The standard InChI is InChI=1S/C9H7BrF3NO2/c1-5(15)16-14-6-2-3-8(10)7(4-6)9(11,12)13/h2-4,14H,1H3. The number of nitrogens with one attached hydrogen (secondary N) is 1. The first-order valence-electron chi connectivity index (χ1n) is 4.11. The lowest BCUT2D eigenvalue weighted by Gasteiger charge is -2.11. The van der Waals surface area contributed by atoms with Crippen molar-refractivity contribution in [3.63, 3.8) is 0 Å². The number of halogens is 4. The van der Waals surface area contributed by atoms with Gasteiger partial charge < -0.3 is 4.84 Å². The van der Waals surface area contributed by atoms with Crippen molar-refractivity contribution in [3.8, 4) is 0 Å². The maximum Gasteiger partial charge on any atom is 0.417 e. The van der Waals surface area contributed by atoms with Gasteiger partial charge in [-0.05, 0) is 18.2 Å². The number of carbonyl (C=O) groups is 1. The fourth-order valence-corrected chi connectivity index (χ4v) is 1.41. The third-order valence-electron chi connectivity index (χ3n) is 1.58. The number of hydrogen-bond acceptors (Lipinski definition) is 3. The number of anilines is 1. The minimum absolute atomic E-state index is 0.0470. The molecule has 0 radical (unpaired) electrons. The van der Waals surface area contributed by atoms with Gasteiger partial charge in [0.25, 0.3) is 0 Å². The van der Waals surface area contributed by atoms with Crippen molar-refractivity contribution in [3.05, 3.63) is 28.2 Å². The summed E-state index contributed by atoms with van der Waals surface area (Å²) in [4.78, 5) is 14.8. The Bertz CT molecular complexity index is 406. The van der Waals surface area contributed by atoms with Crippen LogP contribution in [0.2, 0.25) is 0 Å². The van der Waals surface area contributed by atoms with Gasteiger partial charge in [-0.15, -0.1) is 0 Å². The zero-order valence-corrected chi connectivity index (χ0v) is 9.65. The summed E-state index contributed by atoms with van der Waals surface area (Å²) < 4.78 is 37.3. The number of benzene rings is 1. The maximum absolute atomic E-state index is 12.5. The van der Waals surface area contributed by atoms with Gasteiger partial charge in [0.05, 0.1) is 11.3 Å². The number of rotatable bonds is 2. The molecular formula is C9H7BrF3NO2. The van der Waals surface area contributed by atoms with E-state index in [9.17, 15) is 18.0 Å². The highest BCUT2D eigenvalue weighted by Gasteiger charge is 2.33. The van der Waals surface area contributed by atoms with Crippen LogP contribution in [0.5, 0.6) is 0 Å². The van der Waals surface area contributed by atoms with Gasteiger partial charge in [-0.2, -0.15) is 13.2 Å². The average Bonchev–Trinajstić information content (AvgIpc) is 2.14. The maximum atomic E-state index is 12.5. The molecule has 0 aliphatic carbocycles. The van der Waals surface area contributed by atoms with Crippen LogP contribution < -0.4 is 5.48 Å². The minimum atomic E-state index is -4.47. The quantitative estimate of drug-likeness (QED) is 0.851. The lowest BCUT2D eigenvalue weighted by molar-refractivity contribution is -0.138. The SMILES string of the molecule is CC(=O)ONc1ccc(Br)c(C(F)(F)F)c1. The van der Waals surface area contributed by atoms with Gasteiger partial charge in [-0.1, -0.05) is 15.9 Å². The highest BCUT2D eigenvalue weighted by atomic mass is 79.9. The Morgan fingerprint density at radius 3 is 2.56 bits per heavy atom. The molecule has 0 unspecified atom stereocenters. The molecule has 3 nitrogen and oxygen atoms in total. The Balaban J connectivity index is 2.94. The van der Waals surface area contributed by atoms with E-state index in [4.69, 9.17) is 0 Å². The van der Waals surface area contributed by atoms with Gasteiger partial charge >= 0.3 is 12.1 Å². The third-order valence-corrected chi connectivity index (χ3v) is 2.28. The highest BCUT2D eigenvalue weighted by Crippen LogP contribution is 2.36. The van der Waals surface area contributed by atoms with Crippen LogP contribution in [-0.2, 0) is 15.8 Å². The van der Waals surface area contributed by atoms with E-state index in [-0.39, 0.29) is 10.2 Å². The summed E-state index contributed by atoms with van der Waals surface area (Å²) >= 11 is 2.79. The number of alkyl halides is 3. The van der Waals surface area contributed by atoms with E-state index < -0.39 is 17.7 Å². The van der Waals surface area contributed by atoms with E-state index >= 15 is 0 Å². The van der Waals surface area contributed by atoms with Crippen LogP contribution >= 0.6 is 15.9 Å². The second kappa shape index (κ2) is 4.73. The average molecular weight is 298 g/mol. The fraction of sp³-hybridized carbons (Fsp3) is 0.222. The van der Waals surface area contributed by atoms with E-state index in [1.165, 1.54) is 12.1 Å². The molecule has 1 aromatic rings. The molecule has 16 heavy (non-hydrogen) atoms. The van der Waals surface area contributed by atoms with Crippen molar-refractivity contribution < 1.29 is 22.8 Å². The van der Waals surface area contributed by atoms with Crippen LogP contribution in [0.4, 0.5) is 18.9 Å². The van der Waals surface area contributed by atoms with Crippen molar-refractivity contribution in [1.29, 1.82) is 0 Å². The molecule has 0 saturated carbocycles. The van der Waals surface area contributed by atoms with E-state index in [1.807, 2.05) is 0 Å². The molecule has 0 aliphatic rings. The predicted octanol–water partition coefficient (Wildman–Crippen LogP) is 3.36. The Morgan fingerprint density at radius 1 is 1.44 bits per heavy atom. The zero-order valence-electron chi connectivity index (χ0n) is 8.06. The Labute approximate surface area is 97.7 Å². The molecular weight excluding hydrogens is 291 g/mol. The molecule has 0 saturated heterocycles. The third kappa shape index (κ3) is 3.41. The van der Waals surface area contributed by atoms with Crippen molar-refractivity contribution in [2.75, 3.05) is 5.48 Å². The van der Waals surface area contributed by atoms with Gasteiger partial charge in [0.1, 0.15) is 0 Å². The van der Waals surface area contributed by atoms with E-state index in [2.05, 4.69) is 26.2 Å². The molecule has 0 bridgehead atoms. The second-order valence-corrected chi connectivity index (χ2v) is 3.74. The highest BCUT2D eigenvalue weighted by molar-refractivity contribution is 9.10. The molecule has 0 heterocycles. The van der Waals surface area contributed by atoms with Crippen molar-refractivity contribution >= 4 is 27.6 Å². The lowest BCUT2D eigenvalue weighted by atomic mass is 10.2. The molecule has 7 heteroatoms. The number of carbonyl (C=O) groups excluding carboxylic acids is 1. The Kier molecular flexibility index (Phi) is 3.79. The molecule has 0 amide bonds. The smallest absolute Gasteiger partial charge is 0.344 e. The zero-order chi connectivity index (χ0) is 12.3. The largest absolute Gasteiger partial charge is 0.417 e. The van der Waals surface area contributed by atoms with Crippen LogP contribution in [0, 0.1) is 0 Å². The predicted molar refractivity (Wildman–Crippen MR) is 54.5 cm³/mol. The molecule has 0 fully saturated rings. The number of hydrogen-bond donors (Lipinski definition) is 1. The van der Waals surface area contributed by atoms with E-state index in [1.54, 1.807) is 0 Å². The molecule has 1 aromatic carbocycles. The van der Waals surface area contributed by atoms with Gasteiger partial charge in [0, 0.05) is 11.4 Å². The van der Waals surface area contributed by atoms with E-state index in [0.717, 1.165) is 13.0 Å². The molecule has 0 aromatic heterocycles. The van der Waals surface area contributed by atoms with Crippen LogP contribution in [0.15, 0.2) is 22.7 Å². The summed E-state index contributed by atoms with van der Waals surface area (Å²) in [6.07, 6.45) is -4.47. The van der Waals surface area contributed by atoms with Crippen molar-refractivity contribution in [2.45, 2.75) is 13.1 Å². The first kappa shape index (κ1) is 12.8. The molecule has 0 aliphatic heterocycles. The van der Waals surface area contributed by atoms with Crippen molar-refractivity contribution in [1.82, 2.24) is 0 Å². The Morgan fingerprint density at radius 2 is 2.06 bits per heavy atom. The normalized spacial score (nSPS) is 11.1. The lowest BCUT2D eigenvalue weighted by Crippen LogP contribution is -2.09. The summed E-state index contributed by atoms with van der Waals surface area (Å²) in [5.41, 5.74) is 1.32. The summed E-state index contributed by atoms with van der Waals surface area (Å²) in [5.74, 6) is -0.642. The summed E-state index contributed by atoms with van der Waals surface area (Å²) in [6.45, 7) is 1.14. The first-order chi connectivity index (χ1) is 7.30. The topological polar surface area (TPSA) is 38.3 Å². The monoisotopic (exact) mass is 297 g/mol. The molecule has 0 atom stereocenters. The van der Waals surface area contributed by atoms with Crippen molar-refractivity contribution in [2.24, 2.45) is 0 Å². The first-order valence-corrected chi connectivity index (χ1v) is 4.90. The van der Waals surface area contributed by atoms with Gasteiger partial charge in [-0.3, -0.25) is 4.79 Å². The van der Waals surface area contributed by atoms with Crippen LogP contribution in [0.25, 0.3) is 0 Å². The van der Waals surface area contributed by atoms with Gasteiger partial charge in [0.2, 0.25) is 0 Å². The molecule has 1 N–H and O–H groups in total.